The summed E-state index contributed by atoms with van der Waals surface area (Å²) in [6.45, 7) is 0. The molecule has 1 aromatic carbocycles. The summed E-state index contributed by atoms with van der Waals surface area (Å²) in [5.41, 5.74) is 0.858. The summed E-state index contributed by atoms with van der Waals surface area (Å²) < 4.78 is 1.77. The molecule has 2 aliphatic rings. The van der Waals surface area contributed by atoms with Gasteiger partial charge in [-0.05, 0) is 81.8 Å². The van der Waals surface area contributed by atoms with Crippen molar-refractivity contribution in [2.45, 2.75) is 26.4 Å². The molecule has 0 heterocycles. The van der Waals surface area contributed by atoms with Crippen molar-refractivity contribution in [3.8, 4) is 0 Å². The Labute approximate surface area is 197 Å². The molecule has 1 aromatic rings. The molecule has 0 nitrogen and oxygen atoms in total. The molecule has 23 heavy (non-hydrogen) atoms. The highest BCUT2D eigenvalue weighted by Gasteiger charge is 2.78. The Kier molecular flexibility index (Phi) is 5.59. The molecule has 126 valence electrons. The molecule has 2 bridgehead atoms. The highest BCUT2D eigenvalue weighted by atomic mass is 79.9. The summed E-state index contributed by atoms with van der Waals surface area (Å²) in [4.78, 5) is -2.57. The van der Waals surface area contributed by atoms with Gasteiger partial charge in [-0.15, -0.1) is 23.2 Å². The zero-order chi connectivity index (χ0) is 17.5. The third kappa shape index (κ3) is 2.46. The number of rotatable bonds is 1. The molecule has 0 amide bonds. The van der Waals surface area contributed by atoms with E-state index >= 15 is 0 Å². The van der Waals surface area contributed by atoms with E-state index in [-0.39, 0.29) is 16.0 Å². The summed E-state index contributed by atoms with van der Waals surface area (Å²) in [7, 11) is 0. The molecule has 0 unspecified atom stereocenters. The largest absolute Gasteiger partial charge is 0.166 e. The molecule has 1 fully saturated rings. The zero-order valence-corrected chi connectivity index (χ0v) is 21.5. The molecule has 3 rings (SSSR count). The fourth-order valence-electron chi connectivity index (χ4n) is 3.11. The zero-order valence-electron chi connectivity index (χ0n) is 10.6. The number of halogens is 10. The van der Waals surface area contributed by atoms with Gasteiger partial charge in [0.05, 0.1) is 10.1 Å². The van der Waals surface area contributed by atoms with Gasteiger partial charge in [-0.2, -0.15) is 0 Å². The first-order valence-corrected chi connectivity index (χ1v) is 11.5. The monoisotopic (exact) mass is 686 g/mol. The average molecular weight is 693 g/mol. The predicted molar refractivity (Wildman–Crippen MR) is 115 cm³/mol. The van der Waals surface area contributed by atoms with Crippen molar-refractivity contribution >= 4 is 133 Å². The van der Waals surface area contributed by atoms with E-state index in [0.29, 0.717) is 6.42 Å². The van der Waals surface area contributed by atoms with Gasteiger partial charge in [0.25, 0.3) is 0 Å². The fourth-order valence-corrected chi connectivity index (χ4v) is 8.52. The van der Waals surface area contributed by atoms with Crippen LogP contribution in [0, 0.1) is 0 Å². The first kappa shape index (κ1) is 20.4. The van der Waals surface area contributed by atoms with E-state index in [4.69, 9.17) is 69.6 Å². The lowest BCUT2D eigenvalue weighted by Gasteiger charge is -2.35. The highest BCUT2D eigenvalue weighted by Crippen LogP contribution is 2.77. The summed E-state index contributed by atoms with van der Waals surface area (Å²) >= 11 is 53.6. The number of fused-ring (bicyclic) bond motifs is 2. The van der Waals surface area contributed by atoms with E-state index in [1.165, 1.54) is 0 Å². The van der Waals surface area contributed by atoms with Crippen LogP contribution < -0.4 is 0 Å². The van der Waals surface area contributed by atoms with Crippen LogP contribution in [0.3, 0.4) is 0 Å². The van der Waals surface area contributed by atoms with Crippen LogP contribution in [0.2, 0.25) is 0 Å². The van der Waals surface area contributed by atoms with Crippen LogP contribution >= 0.6 is 133 Å². The van der Waals surface area contributed by atoms with Gasteiger partial charge in [0.1, 0.15) is 9.75 Å². The molecular formula is C13H4Br4Cl6. The minimum absolute atomic E-state index is 0.187. The number of hydrogen-bond donors (Lipinski definition) is 0. The third-order valence-corrected chi connectivity index (χ3v) is 12.6. The summed E-state index contributed by atoms with van der Waals surface area (Å²) in [5, 5.41) is 0.394. The summed E-state index contributed by atoms with van der Waals surface area (Å²) in [6.07, 6.45) is 0.347. The van der Waals surface area contributed by atoms with Crippen LogP contribution in [0.15, 0.2) is 34.0 Å². The van der Waals surface area contributed by atoms with Gasteiger partial charge < -0.3 is 0 Å². The smallest absolute Gasteiger partial charge is 0.110 e. The second kappa shape index (κ2) is 6.32. The third-order valence-electron chi connectivity index (χ3n) is 4.27. The maximum absolute atomic E-state index is 6.88. The predicted octanol–water partition coefficient (Wildman–Crippen LogP) is 9.06. The van der Waals surface area contributed by atoms with Crippen molar-refractivity contribution < 1.29 is 0 Å². The van der Waals surface area contributed by atoms with E-state index in [1.54, 1.807) is 0 Å². The highest BCUT2D eigenvalue weighted by molar-refractivity contribution is 9.14. The summed E-state index contributed by atoms with van der Waals surface area (Å²) in [5.74, 6) is -0.357. The molecule has 3 atom stereocenters. The molecular weight excluding hydrogens is 688 g/mol. The van der Waals surface area contributed by atoms with Gasteiger partial charge in [0, 0.05) is 23.8 Å². The van der Waals surface area contributed by atoms with E-state index in [9.17, 15) is 0 Å². The normalized spacial score (nSPS) is 35.3. The first-order chi connectivity index (χ1) is 10.4. The van der Waals surface area contributed by atoms with Crippen LogP contribution in [0.5, 0.6) is 0 Å². The van der Waals surface area contributed by atoms with Crippen LogP contribution in [0.25, 0.3) is 0 Å². The molecule has 0 aliphatic heterocycles. The molecule has 0 spiro atoms. The van der Waals surface area contributed by atoms with Gasteiger partial charge in [-0.25, -0.2) is 0 Å². The van der Waals surface area contributed by atoms with E-state index < -0.39 is 14.1 Å². The second-order valence-corrected chi connectivity index (χ2v) is 12.0. The quantitative estimate of drug-likeness (QED) is 0.204. The SMILES string of the molecule is ClC1=C(Cl)[C@]2(Cl)[C@@H](c3c(Br)c(Br)cc(Br)c3Br)C[C@@]1(Cl)C2(Cl)Cl. The number of allylic oxidation sites excluding steroid dienone is 2. The molecule has 10 heteroatoms. The Morgan fingerprint density at radius 3 is 1.74 bits per heavy atom. The van der Waals surface area contributed by atoms with Crippen molar-refractivity contribution in [2.75, 3.05) is 0 Å². The van der Waals surface area contributed by atoms with Gasteiger partial charge in [0.2, 0.25) is 0 Å². The van der Waals surface area contributed by atoms with Crippen LogP contribution in [-0.4, -0.2) is 14.1 Å². The number of alkyl halides is 4. The van der Waals surface area contributed by atoms with Gasteiger partial charge in [-0.3, -0.25) is 0 Å². The minimum atomic E-state index is -1.55. The van der Waals surface area contributed by atoms with E-state index in [0.717, 1.165) is 23.5 Å². The maximum Gasteiger partial charge on any atom is 0.166 e. The van der Waals surface area contributed by atoms with Crippen molar-refractivity contribution in [2.24, 2.45) is 0 Å². The van der Waals surface area contributed by atoms with Gasteiger partial charge in [0.15, 0.2) is 4.33 Å². The van der Waals surface area contributed by atoms with Gasteiger partial charge in [-0.1, -0.05) is 46.4 Å². The minimum Gasteiger partial charge on any atom is -0.110 e. The average Bonchev–Trinajstić information content (AvgIpc) is 2.68. The Hall–Kier alpha value is 2.62. The van der Waals surface area contributed by atoms with E-state index in [2.05, 4.69) is 63.7 Å². The lowest BCUT2D eigenvalue weighted by atomic mass is 9.85. The van der Waals surface area contributed by atoms with Crippen molar-refractivity contribution in [1.29, 1.82) is 0 Å². The Bertz CT molecular complexity index is 737. The van der Waals surface area contributed by atoms with Crippen molar-refractivity contribution in [1.82, 2.24) is 0 Å². The topological polar surface area (TPSA) is 0 Å². The first-order valence-electron chi connectivity index (χ1n) is 6.06. The molecule has 0 aromatic heterocycles. The Morgan fingerprint density at radius 1 is 0.870 bits per heavy atom. The lowest BCUT2D eigenvalue weighted by Crippen LogP contribution is -2.43. The molecule has 0 radical (unpaired) electrons. The van der Waals surface area contributed by atoms with Crippen LogP contribution in [0.4, 0.5) is 0 Å². The number of hydrogen-bond acceptors (Lipinski definition) is 0. The standard InChI is InChI=1S/C13H4Br4Cl6/c14-4-1-5(15)8(17)6(7(4)16)3-2-11(20)9(18)10(19)12(3,21)13(11,22)23/h1,3H,2H2/t3-,11+,12-/m1/s1. The molecule has 1 saturated carbocycles. The molecule has 2 aliphatic carbocycles. The van der Waals surface area contributed by atoms with Crippen LogP contribution in [-0.2, 0) is 0 Å². The van der Waals surface area contributed by atoms with E-state index in [1.807, 2.05) is 6.07 Å². The maximum atomic E-state index is 6.88. The molecule has 0 N–H and O–H groups in total. The second-order valence-electron chi connectivity index (χ2n) is 5.35. The van der Waals surface area contributed by atoms with Gasteiger partial charge >= 0.3 is 0 Å². The fraction of sp³-hybridized carbons (Fsp3) is 0.385. The van der Waals surface area contributed by atoms with Crippen molar-refractivity contribution in [3.63, 3.8) is 0 Å². The molecule has 0 saturated heterocycles. The number of benzene rings is 1. The van der Waals surface area contributed by atoms with Crippen molar-refractivity contribution in [3.05, 3.63) is 39.6 Å². The Balaban J connectivity index is 2.31. The Morgan fingerprint density at radius 2 is 1.35 bits per heavy atom. The lowest BCUT2D eigenvalue weighted by molar-refractivity contribution is 0.596. The summed E-state index contributed by atoms with van der Waals surface area (Å²) in [6, 6.07) is 1.90. The van der Waals surface area contributed by atoms with Crippen LogP contribution in [0.1, 0.15) is 17.9 Å².